The normalized spacial score (nSPS) is 16.6. The molecule has 2 fully saturated rings. The maximum absolute atomic E-state index is 12.1. The second kappa shape index (κ2) is 9.82. The number of aromatic nitrogens is 3. The minimum absolute atomic E-state index is 0.0885. The van der Waals surface area contributed by atoms with Gasteiger partial charge in [-0.25, -0.2) is 0 Å². The largest absolute Gasteiger partial charge is 0.382 e. The number of benzene rings is 1. The maximum Gasteiger partial charge on any atom is 0.306 e. The molecule has 2 aliphatic heterocycles. The van der Waals surface area contributed by atoms with E-state index < -0.39 is 10.1 Å². The summed E-state index contributed by atoms with van der Waals surface area (Å²) in [5.74, 6) is 2.49. The second-order valence-electron chi connectivity index (χ2n) is 11.1. The van der Waals surface area contributed by atoms with Gasteiger partial charge in [0.2, 0.25) is 5.95 Å². The summed E-state index contributed by atoms with van der Waals surface area (Å²) >= 11 is 0. The number of anilines is 2. The van der Waals surface area contributed by atoms with E-state index in [1.165, 1.54) is 25.7 Å². The van der Waals surface area contributed by atoms with Gasteiger partial charge in [-0.2, -0.15) is 18.4 Å². The molecule has 0 amide bonds. The highest BCUT2D eigenvalue weighted by Gasteiger charge is 2.26. The van der Waals surface area contributed by atoms with Crippen LogP contribution in [0.4, 0.5) is 11.8 Å². The van der Waals surface area contributed by atoms with Crippen LogP contribution in [0.5, 0.6) is 5.75 Å². The zero-order chi connectivity index (χ0) is 26.5. The van der Waals surface area contributed by atoms with Crippen molar-refractivity contribution in [3.05, 3.63) is 29.3 Å². The molecule has 0 bridgehead atoms. The highest BCUT2D eigenvalue weighted by atomic mass is 32.2. The predicted molar refractivity (Wildman–Crippen MR) is 150 cm³/mol. The van der Waals surface area contributed by atoms with E-state index in [2.05, 4.69) is 67.3 Å². The van der Waals surface area contributed by atoms with Crippen molar-refractivity contribution >= 4 is 32.9 Å². The second-order valence-corrected chi connectivity index (χ2v) is 12.7. The Morgan fingerprint density at radius 3 is 1.89 bits per heavy atom. The minimum atomic E-state index is -3.66. The van der Waals surface area contributed by atoms with E-state index in [0.29, 0.717) is 5.75 Å². The molecule has 0 saturated carbocycles. The molecule has 0 atom stereocenters. The van der Waals surface area contributed by atoms with E-state index in [-0.39, 0.29) is 11.8 Å². The number of rotatable bonds is 7. The van der Waals surface area contributed by atoms with Crippen LogP contribution in [0.15, 0.2) is 18.2 Å². The molecule has 2 saturated heterocycles. The summed E-state index contributed by atoms with van der Waals surface area (Å²) in [5, 5.41) is 1.07. The molecule has 0 aliphatic carbocycles. The number of fused-ring (bicyclic) bond motifs is 1. The highest BCUT2D eigenvalue weighted by Crippen LogP contribution is 2.41. The first-order valence-electron chi connectivity index (χ1n) is 13.5. The SMILES string of the molecule is CC(C)c1cc(-c2cc3c(N4CCCC4)nc(N4CCCC4)nc3n2C)cc(C(C)C)c1OS(C)(=O)=O. The molecule has 0 radical (unpaired) electrons. The number of aryl methyl sites for hydroxylation is 1. The molecule has 0 unspecified atom stereocenters. The van der Waals surface area contributed by atoms with Crippen molar-refractivity contribution in [2.24, 2.45) is 7.05 Å². The van der Waals surface area contributed by atoms with Crippen LogP contribution >= 0.6 is 0 Å². The van der Waals surface area contributed by atoms with Gasteiger partial charge in [-0.3, -0.25) is 0 Å². The zero-order valence-electron chi connectivity index (χ0n) is 22.9. The van der Waals surface area contributed by atoms with Gasteiger partial charge in [0.15, 0.2) is 0 Å². The van der Waals surface area contributed by atoms with E-state index in [1.807, 2.05) is 0 Å². The molecule has 2 aromatic heterocycles. The van der Waals surface area contributed by atoms with Gasteiger partial charge in [-0.1, -0.05) is 27.7 Å². The molecule has 4 heterocycles. The molecule has 8 nitrogen and oxygen atoms in total. The Balaban J connectivity index is 1.72. The van der Waals surface area contributed by atoms with Crippen LogP contribution in [0.3, 0.4) is 0 Å². The van der Waals surface area contributed by atoms with Crippen molar-refractivity contribution in [3.63, 3.8) is 0 Å². The fourth-order valence-corrected chi connectivity index (χ4v) is 6.10. The van der Waals surface area contributed by atoms with Gasteiger partial charge in [0.25, 0.3) is 0 Å². The summed E-state index contributed by atoms with van der Waals surface area (Å²) in [6, 6.07) is 6.36. The third-order valence-electron chi connectivity index (χ3n) is 7.57. The highest BCUT2D eigenvalue weighted by molar-refractivity contribution is 7.86. The number of nitrogens with zero attached hydrogens (tertiary/aromatic N) is 5. The smallest absolute Gasteiger partial charge is 0.306 e. The molecule has 5 rings (SSSR count). The van der Waals surface area contributed by atoms with Crippen LogP contribution in [-0.2, 0) is 17.2 Å². The van der Waals surface area contributed by atoms with E-state index in [1.54, 1.807) is 0 Å². The minimum Gasteiger partial charge on any atom is -0.382 e. The third kappa shape index (κ3) is 5.02. The Morgan fingerprint density at radius 2 is 1.38 bits per heavy atom. The predicted octanol–water partition coefficient (Wildman–Crippen LogP) is 5.42. The van der Waals surface area contributed by atoms with Crippen molar-refractivity contribution in [1.82, 2.24) is 14.5 Å². The van der Waals surface area contributed by atoms with E-state index in [4.69, 9.17) is 14.2 Å². The van der Waals surface area contributed by atoms with Gasteiger partial charge >= 0.3 is 10.1 Å². The number of hydrogen-bond acceptors (Lipinski definition) is 7. The summed E-state index contributed by atoms with van der Waals surface area (Å²) in [4.78, 5) is 14.9. The van der Waals surface area contributed by atoms with E-state index in [0.717, 1.165) is 77.6 Å². The number of hydrogen-bond donors (Lipinski definition) is 0. The summed E-state index contributed by atoms with van der Waals surface area (Å²) in [7, 11) is -1.59. The lowest BCUT2D eigenvalue weighted by molar-refractivity contribution is 0.482. The Hall–Kier alpha value is -2.81. The first-order valence-corrected chi connectivity index (χ1v) is 15.3. The van der Waals surface area contributed by atoms with E-state index >= 15 is 0 Å². The molecular formula is C28H39N5O3S. The Kier molecular flexibility index (Phi) is 6.85. The van der Waals surface area contributed by atoms with Gasteiger partial charge in [0.05, 0.1) is 17.3 Å². The van der Waals surface area contributed by atoms with E-state index in [9.17, 15) is 8.42 Å². The molecular weight excluding hydrogens is 486 g/mol. The quantitative estimate of drug-likeness (QED) is 0.381. The van der Waals surface area contributed by atoms with Crippen LogP contribution in [0.2, 0.25) is 0 Å². The van der Waals surface area contributed by atoms with Gasteiger partial charge in [0, 0.05) is 33.2 Å². The Bertz CT molecular complexity index is 1390. The van der Waals surface area contributed by atoms with Crippen molar-refractivity contribution in [2.75, 3.05) is 42.2 Å². The zero-order valence-corrected chi connectivity index (χ0v) is 23.7. The monoisotopic (exact) mass is 525 g/mol. The van der Waals surface area contributed by atoms with Gasteiger partial charge in [-0.05, 0) is 72.4 Å². The molecule has 37 heavy (non-hydrogen) atoms. The Labute approximate surface area is 220 Å². The van der Waals surface area contributed by atoms with Crippen LogP contribution < -0.4 is 14.0 Å². The summed E-state index contributed by atoms with van der Waals surface area (Å²) in [5.41, 5.74) is 4.78. The van der Waals surface area contributed by atoms with Crippen LogP contribution in [0, 0.1) is 0 Å². The van der Waals surface area contributed by atoms with Gasteiger partial charge in [-0.15, -0.1) is 0 Å². The average molecular weight is 526 g/mol. The molecule has 200 valence electrons. The van der Waals surface area contributed by atoms with Crippen molar-refractivity contribution in [2.45, 2.75) is 65.2 Å². The van der Waals surface area contributed by atoms with Gasteiger partial charge in [0.1, 0.15) is 17.2 Å². The molecule has 9 heteroatoms. The fourth-order valence-electron chi connectivity index (χ4n) is 5.60. The maximum atomic E-state index is 12.1. The lowest BCUT2D eigenvalue weighted by Crippen LogP contribution is -2.24. The van der Waals surface area contributed by atoms with Crippen molar-refractivity contribution in [3.8, 4) is 17.0 Å². The van der Waals surface area contributed by atoms with Crippen molar-refractivity contribution < 1.29 is 12.6 Å². The summed E-state index contributed by atoms with van der Waals surface area (Å²) in [6.45, 7) is 12.3. The van der Waals surface area contributed by atoms with Crippen LogP contribution in [-0.4, -0.2) is 55.4 Å². The summed E-state index contributed by atoms with van der Waals surface area (Å²) < 4.78 is 32.0. The van der Waals surface area contributed by atoms with Crippen LogP contribution in [0.25, 0.3) is 22.3 Å². The van der Waals surface area contributed by atoms with Crippen LogP contribution in [0.1, 0.15) is 76.3 Å². The standard InChI is InChI=1S/C28H39N5O3S/c1-18(2)21-15-20(16-22(19(3)4)25(21)36-37(6,34)35)24-17-23-26(31(24)5)29-28(33-13-9-10-14-33)30-27(23)32-11-7-8-12-32/h15-19H,7-14H2,1-6H3. The third-order valence-corrected chi connectivity index (χ3v) is 8.04. The molecule has 1 aromatic carbocycles. The molecule has 0 spiro atoms. The fraction of sp³-hybridized carbons (Fsp3) is 0.571. The first-order chi connectivity index (χ1) is 17.5. The lowest BCUT2D eigenvalue weighted by atomic mass is 9.90. The molecule has 2 aliphatic rings. The summed E-state index contributed by atoms with van der Waals surface area (Å²) in [6.07, 6.45) is 5.83. The molecule has 3 aromatic rings. The average Bonchev–Trinajstić information content (AvgIpc) is 3.59. The van der Waals surface area contributed by atoms with Gasteiger partial charge < -0.3 is 18.6 Å². The first kappa shape index (κ1) is 25.8. The van der Waals surface area contributed by atoms with Crippen molar-refractivity contribution in [1.29, 1.82) is 0 Å². The molecule has 0 N–H and O–H groups in total. The Morgan fingerprint density at radius 1 is 0.838 bits per heavy atom. The lowest BCUT2D eigenvalue weighted by Gasteiger charge is -2.21. The topological polar surface area (TPSA) is 80.6 Å².